The second-order valence-electron chi connectivity index (χ2n) is 2.12. The van der Waals surface area contributed by atoms with Crippen molar-refractivity contribution in [3.05, 3.63) is 29.3 Å². The molecule has 0 saturated carbocycles. The number of pyridine rings is 1. The highest BCUT2D eigenvalue weighted by Crippen LogP contribution is 2.09. The van der Waals surface area contributed by atoms with Crippen molar-refractivity contribution in [1.82, 2.24) is 4.98 Å². The van der Waals surface area contributed by atoms with Crippen LogP contribution in [0.4, 0.5) is 4.39 Å². The van der Waals surface area contributed by atoms with Gasteiger partial charge in [0, 0.05) is 6.20 Å². The number of carbonyl (C=O) groups excluding carboxylic acids is 1. The Balaban J connectivity index is 3.30. The van der Waals surface area contributed by atoms with E-state index in [1.165, 1.54) is 0 Å². The molecule has 5 heteroatoms. The number of ether oxygens (including phenoxy) is 1. The number of nitrogens with zero attached hydrogens (tertiary/aromatic N) is 2. The van der Waals surface area contributed by atoms with E-state index in [2.05, 4.69) is 9.72 Å². The molecule has 0 N–H and O–H groups in total. The zero-order valence-corrected chi connectivity index (χ0v) is 6.74. The highest BCUT2D eigenvalue weighted by Gasteiger charge is 2.16. The summed E-state index contributed by atoms with van der Waals surface area (Å²) >= 11 is 0. The minimum Gasteiger partial charge on any atom is -0.464 e. The number of halogens is 1. The van der Waals surface area contributed by atoms with Gasteiger partial charge in [-0.3, -0.25) is 0 Å². The van der Waals surface area contributed by atoms with Crippen molar-refractivity contribution < 1.29 is 13.9 Å². The number of nitriles is 1. The van der Waals surface area contributed by atoms with E-state index in [0.717, 1.165) is 19.4 Å². The summed E-state index contributed by atoms with van der Waals surface area (Å²) in [6.45, 7) is 0. The van der Waals surface area contributed by atoms with Gasteiger partial charge in [0.05, 0.1) is 7.11 Å². The molecule has 0 spiro atoms. The number of hydrogen-bond donors (Lipinski definition) is 0. The van der Waals surface area contributed by atoms with Gasteiger partial charge in [0.2, 0.25) is 0 Å². The first-order valence-corrected chi connectivity index (χ1v) is 3.33. The van der Waals surface area contributed by atoms with E-state index in [4.69, 9.17) is 5.26 Å². The zero-order chi connectivity index (χ0) is 9.84. The minimum absolute atomic E-state index is 0.301. The molecule has 0 aliphatic rings. The van der Waals surface area contributed by atoms with Gasteiger partial charge in [-0.25, -0.2) is 14.2 Å². The van der Waals surface area contributed by atoms with E-state index in [9.17, 15) is 9.18 Å². The smallest absolute Gasteiger partial charge is 0.358 e. The summed E-state index contributed by atoms with van der Waals surface area (Å²) in [6, 6.07) is 2.55. The van der Waals surface area contributed by atoms with Crippen LogP contribution in [0.25, 0.3) is 0 Å². The third-order valence-electron chi connectivity index (χ3n) is 1.39. The predicted molar refractivity (Wildman–Crippen MR) is 40.2 cm³/mol. The van der Waals surface area contributed by atoms with Crippen LogP contribution in [0.1, 0.15) is 16.1 Å². The van der Waals surface area contributed by atoms with Gasteiger partial charge in [-0.1, -0.05) is 0 Å². The first-order chi connectivity index (χ1) is 6.20. The molecule has 0 aliphatic carbocycles. The maximum Gasteiger partial charge on any atom is 0.358 e. The molecule has 66 valence electrons. The quantitative estimate of drug-likeness (QED) is 0.602. The van der Waals surface area contributed by atoms with E-state index in [1.54, 1.807) is 6.07 Å². The number of aromatic nitrogens is 1. The Hall–Kier alpha value is -1.96. The third-order valence-corrected chi connectivity index (χ3v) is 1.39. The predicted octanol–water partition coefficient (Wildman–Crippen LogP) is 0.879. The second-order valence-corrected chi connectivity index (χ2v) is 2.12. The molecule has 0 atom stereocenters. The van der Waals surface area contributed by atoms with Crippen LogP contribution < -0.4 is 0 Å². The Kier molecular flexibility index (Phi) is 2.55. The summed E-state index contributed by atoms with van der Waals surface area (Å²) in [5.74, 6) is -1.60. The number of esters is 1. The van der Waals surface area contributed by atoms with Crippen LogP contribution in [0.2, 0.25) is 0 Å². The van der Waals surface area contributed by atoms with Crippen LogP contribution in [0.3, 0.4) is 0 Å². The number of hydrogen-bond acceptors (Lipinski definition) is 4. The molecule has 0 fully saturated rings. The van der Waals surface area contributed by atoms with E-state index in [1.807, 2.05) is 0 Å². The Morgan fingerprint density at radius 1 is 1.77 bits per heavy atom. The molecule has 13 heavy (non-hydrogen) atoms. The van der Waals surface area contributed by atoms with Gasteiger partial charge in [-0.05, 0) is 6.07 Å². The molecule has 0 aliphatic heterocycles. The van der Waals surface area contributed by atoms with E-state index in [0.29, 0.717) is 0 Å². The molecule has 1 rings (SSSR count). The van der Waals surface area contributed by atoms with Gasteiger partial charge in [0.25, 0.3) is 0 Å². The van der Waals surface area contributed by atoms with Gasteiger partial charge in [-0.15, -0.1) is 0 Å². The third kappa shape index (κ3) is 1.62. The van der Waals surface area contributed by atoms with Crippen LogP contribution >= 0.6 is 0 Å². The number of rotatable bonds is 1. The molecule has 1 heterocycles. The summed E-state index contributed by atoms with van der Waals surface area (Å²) in [4.78, 5) is 14.5. The van der Waals surface area contributed by atoms with E-state index in [-0.39, 0.29) is 5.69 Å². The summed E-state index contributed by atoms with van der Waals surface area (Å²) < 4.78 is 17.2. The fourth-order valence-electron chi connectivity index (χ4n) is 0.796. The Morgan fingerprint density at radius 3 is 3.00 bits per heavy atom. The Morgan fingerprint density at radius 2 is 2.46 bits per heavy atom. The monoisotopic (exact) mass is 180 g/mol. The average molecular weight is 180 g/mol. The van der Waals surface area contributed by atoms with Crippen LogP contribution in [0.5, 0.6) is 0 Å². The molecule has 0 aromatic carbocycles. The minimum atomic E-state index is -0.823. The SMILES string of the molecule is COC(=O)c1nccc(F)c1C#N. The lowest BCUT2D eigenvalue weighted by Gasteiger charge is -1.99. The molecule has 0 radical (unpaired) electrons. The molecular formula is C8H5FN2O2. The van der Waals surface area contributed by atoms with Crippen molar-refractivity contribution in [2.75, 3.05) is 7.11 Å². The average Bonchev–Trinajstić information content (AvgIpc) is 2.16. The van der Waals surface area contributed by atoms with E-state index >= 15 is 0 Å². The maximum absolute atomic E-state index is 12.9. The van der Waals surface area contributed by atoms with Crippen molar-refractivity contribution in [3.8, 4) is 6.07 Å². The van der Waals surface area contributed by atoms with Crippen LogP contribution in [0.15, 0.2) is 12.3 Å². The lowest BCUT2D eigenvalue weighted by atomic mass is 10.2. The highest BCUT2D eigenvalue weighted by molar-refractivity contribution is 5.89. The van der Waals surface area contributed by atoms with Crippen molar-refractivity contribution >= 4 is 5.97 Å². The first-order valence-electron chi connectivity index (χ1n) is 3.33. The first kappa shape index (κ1) is 9.13. The molecule has 0 saturated heterocycles. The molecule has 0 bridgehead atoms. The van der Waals surface area contributed by atoms with Crippen LogP contribution in [-0.2, 0) is 4.74 Å². The molecule has 4 nitrogen and oxygen atoms in total. The molecule has 0 unspecified atom stereocenters. The topological polar surface area (TPSA) is 63.0 Å². The summed E-state index contributed by atoms with van der Waals surface area (Å²) in [5, 5.41) is 8.51. The summed E-state index contributed by atoms with van der Waals surface area (Å²) in [7, 11) is 1.13. The lowest BCUT2D eigenvalue weighted by Crippen LogP contribution is -2.08. The fraction of sp³-hybridized carbons (Fsp3) is 0.125. The lowest BCUT2D eigenvalue weighted by molar-refractivity contribution is 0.0593. The molecule has 1 aromatic heterocycles. The fourth-order valence-corrected chi connectivity index (χ4v) is 0.796. The highest BCUT2D eigenvalue weighted by atomic mass is 19.1. The molecule has 1 aromatic rings. The van der Waals surface area contributed by atoms with Gasteiger partial charge < -0.3 is 4.74 Å². The van der Waals surface area contributed by atoms with Crippen LogP contribution in [0, 0.1) is 17.1 Å². The molecule has 0 amide bonds. The van der Waals surface area contributed by atoms with Crippen LogP contribution in [-0.4, -0.2) is 18.1 Å². The maximum atomic E-state index is 12.9. The Labute approximate surface area is 73.6 Å². The van der Waals surface area contributed by atoms with Gasteiger partial charge in [0.15, 0.2) is 5.69 Å². The Bertz CT molecular complexity index is 384. The van der Waals surface area contributed by atoms with Gasteiger partial charge in [-0.2, -0.15) is 5.26 Å². The van der Waals surface area contributed by atoms with Gasteiger partial charge >= 0.3 is 5.97 Å². The van der Waals surface area contributed by atoms with E-state index < -0.39 is 17.3 Å². The summed E-state index contributed by atoms with van der Waals surface area (Å²) in [6.07, 6.45) is 1.10. The second kappa shape index (κ2) is 3.63. The van der Waals surface area contributed by atoms with Crippen molar-refractivity contribution in [2.45, 2.75) is 0 Å². The van der Waals surface area contributed by atoms with Crippen molar-refractivity contribution in [2.24, 2.45) is 0 Å². The normalized spacial score (nSPS) is 9.00. The van der Waals surface area contributed by atoms with Gasteiger partial charge in [0.1, 0.15) is 17.4 Å². The van der Waals surface area contributed by atoms with Crippen molar-refractivity contribution in [1.29, 1.82) is 5.26 Å². The molecular weight excluding hydrogens is 175 g/mol. The number of methoxy groups -OCH3 is 1. The largest absolute Gasteiger partial charge is 0.464 e. The summed E-state index contributed by atoms with van der Waals surface area (Å²) in [5.41, 5.74) is -0.695. The zero-order valence-electron chi connectivity index (χ0n) is 6.74. The number of carbonyl (C=O) groups is 1. The standard InChI is InChI=1S/C8H5FN2O2/c1-13-8(12)7-5(4-10)6(9)2-3-11-7/h2-3H,1H3. The van der Waals surface area contributed by atoms with Crippen molar-refractivity contribution in [3.63, 3.8) is 0 Å².